The number of allylic oxidation sites excluding steroid dienone is 2. The average molecular weight is 565 g/mol. The highest BCUT2D eigenvalue weighted by Gasteiger charge is 2.17. The summed E-state index contributed by atoms with van der Waals surface area (Å²) >= 11 is 0. The maximum atomic E-state index is 5.01. The van der Waals surface area contributed by atoms with Gasteiger partial charge in [-0.15, -0.1) is 0 Å². The zero-order valence-corrected chi connectivity index (χ0v) is 25.9. The Kier molecular flexibility index (Phi) is 12.3. The van der Waals surface area contributed by atoms with Gasteiger partial charge < -0.3 is 9.80 Å². The van der Waals surface area contributed by atoms with E-state index in [4.69, 9.17) is 9.98 Å². The second-order valence-corrected chi connectivity index (χ2v) is 12.2. The van der Waals surface area contributed by atoms with Crippen molar-refractivity contribution in [3.05, 3.63) is 84.2 Å². The predicted molar refractivity (Wildman–Crippen MR) is 183 cm³/mol. The molecule has 2 aromatic carbocycles. The Morgan fingerprint density at radius 2 is 0.762 bits per heavy atom. The van der Waals surface area contributed by atoms with Gasteiger partial charge in [-0.2, -0.15) is 0 Å². The van der Waals surface area contributed by atoms with E-state index in [0.717, 1.165) is 37.6 Å². The highest BCUT2D eigenvalue weighted by molar-refractivity contribution is 6.14. The summed E-state index contributed by atoms with van der Waals surface area (Å²) in [6.07, 6.45) is 29.8. The van der Waals surface area contributed by atoms with E-state index in [9.17, 15) is 0 Å². The summed E-state index contributed by atoms with van der Waals surface area (Å²) in [5.74, 6) is 0. The van der Waals surface area contributed by atoms with Gasteiger partial charge in [0.2, 0.25) is 0 Å². The summed E-state index contributed by atoms with van der Waals surface area (Å²) < 4.78 is 0. The van der Waals surface area contributed by atoms with Crippen LogP contribution in [0.2, 0.25) is 0 Å². The molecule has 4 bridgehead atoms. The first-order chi connectivity index (χ1) is 20.9. The van der Waals surface area contributed by atoms with Crippen molar-refractivity contribution in [1.29, 1.82) is 0 Å². The van der Waals surface area contributed by atoms with E-state index in [1.165, 1.54) is 125 Å². The van der Waals surface area contributed by atoms with Crippen molar-refractivity contribution in [3.8, 4) is 0 Å². The number of hydrogen-bond donors (Lipinski definition) is 0. The Morgan fingerprint density at radius 3 is 1.19 bits per heavy atom. The number of fused-ring (bicyclic) bond motifs is 21. The van der Waals surface area contributed by atoms with E-state index in [1.54, 1.807) is 0 Å². The average Bonchev–Trinajstić information content (AvgIpc) is 3.03. The predicted octanol–water partition coefficient (Wildman–Crippen LogP) is 9.89. The first kappa shape index (κ1) is 30.3. The normalized spacial score (nSPS) is 20.4. The molecule has 0 saturated heterocycles. The third-order valence-corrected chi connectivity index (χ3v) is 8.98. The minimum absolute atomic E-state index is 0.934. The molecule has 0 N–H and O–H groups in total. The van der Waals surface area contributed by atoms with Crippen LogP contribution in [-0.4, -0.2) is 37.6 Å². The summed E-state index contributed by atoms with van der Waals surface area (Å²) in [4.78, 5) is 14.9. The summed E-state index contributed by atoms with van der Waals surface area (Å²) in [6, 6.07) is 17.7. The Morgan fingerprint density at radius 1 is 0.405 bits per heavy atom. The van der Waals surface area contributed by atoms with Crippen LogP contribution in [0.25, 0.3) is 0 Å². The van der Waals surface area contributed by atoms with Gasteiger partial charge in [0.1, 0.15) is 0 Å². The molecular formula is C38H52N4. The lowest BCUT2D eigenvalue weighted by Crippen LogP contribution is -2.24. The summed E-state index contributed by atoms with van der Waals surface area (Å²) in [7, 11) is 0. The quantitative estimate of drug-likeness (QED) is 0.319. The van der Waals surface area contributed by atoms with Crippen LogP contribution in [0.4, 0.5) is 11.4 Å². The van der Waals surface area contributed by atoms with Gasteiger partial charge in [-0.25, -0.2) is 0 Å². The molecule has 4 nitrogen and oxygen atoms in total. The van der Waals surface area contributed by atoms with Crippen molar-refractivity contribution in [3.63, 3.8) is 0 Å². The second-order valence-electron chi connectivity index (χ2n) is 12.2. The lowest BCUT2D eigenvalue weighted by Gasteiger charge is -2.27. The number of benzene rings is 2. The smallest absolute Gasteiger partial charge is 0.0682 e. The van der Waals surface area contributed by atoms with E-state index < -0.39 is 0 Å². The van der Waals surface area contributed by atoms with Crippen LogP contribution in [0.1, 0.15) is 114 Å². The van der Waals surface area contributed by atoms with Crippen LogP contribution in [0, 0.1) is 0 Å². The molecule has 0 amide bonds. The minimum Gasteiger partial charge on any atom is -0.347 e. The number of para-hydroxylation sites is 2. The largest absolute Gasteiger partial charge is 0.347 e. The molecule has 2 aromatic rings. The van der Waals surface area contributed by atoms with Crippen molar-refractivity contribution in [2.24, 2.45) is 9.98 Å². The first-order valence-corrected chi connectivity index (χ1v) is 17.1. The van der Waals surface area contributed by atoms with Gasteiger partial charge in [-0.1, -0.05) is 113 Å². The fraction of sp³-hybridized carbons (Fsp3) is 0.526. The van der Waals surface area contributed by atoms with Crippen LogP contribution in [0.3, 0.4) is 0 Å². The molecule has 42 heavy (non-hydrogen) atoms. The van der Waals surface area contributed by atoms with E-state index in [0.29, 0.717) is 0 Å². The lowest BCUT2D eigenvalue weighted by molar-refractivity contribution is 0.569. The Bertz CT molecular complexity index is 1130. The van der Waals surface area contributed by atoms with Gasteiger partial charge in [0.25, 0.3) is 0 Å². The van der Waals surface area contributed by atoms with Crippen molar-refractivity contribution in [2.75, 3.05) is 36.0 Å². The molecule has 4 aliphatic heterocycles. The summed E-state index contributed by atoms with van der Waals surface area (Å²) in [6.45, 7) is 4.06. The van der Waals surface area contributed by atoms with Gasteiger partial charge in [0.05, 0.1) is 22.8 Å². The van der Waals surface area contributed by atoms with E-state index >= 15 is 0 Å². The van der Waals surface area contributed by atoms with Crippen LogP contribution < -0.4 is 9.80 Å². The maximum absolute atomic E-state index is 5.01. The fourth-order valence-electron chi connectivity index (χ4n) is 6.52. The van der Waals surface area contributed by atoms with Crippen molar-refractivity contribution < 1.29 is 0 Å². The van der Waals surface area contributed by atoms with E-state index in [1.807, 2.05) is 0 Å². The van der Waals surface area contributed by atoms with Crippen molar-refractivity contribution in [1.82, 2.24) is 0 Å². The van der Waals surface area contributed by atoms with Crippen molar-refractivity contribution >= 4 is 22.8 Å². The summed E-state index contributed by atoms with van der Waals surface area (Å²) in [5, 5.41) is 0. The van der Waals surface area contributed by atoms with Gasteiger partial charge in [-0.05, 0) is 50.0 Å². The highest BCUT2D eigenvalue weighted by atomic mass is 15.1. The third kappa shape index (κ3) is 8.93. The number of hydrogen-bond acceptors (Lipinski definition) is 4. The molecule has 0 spiro atoms. The molecule has 0 fully saturated rings. The van der Waals surface area contributed by atoms with Crippen LogP contribution >= 0.6 is 0 Å². The first-order valence-electron chi connectivity index (χ1n) is 17.1. The highest BCUT2D eigenvalue weighted by Crippen LogP contribution is 2.28. The molecular weight excluding hydrogens is 512 g/mol. The topological polar surface area (TPSA) is 31.2 Å². The minimum atomic E-state index is 0.934. The molecule has 4 aliphatic rings. The number of anilines is 2. The molecule has 4 heteroatoms. The Hall–Kier alpha value is -3.14. The Labute approximate surface area is 255 Å². The zero-order valence-electron chi connectivity index (χ0n) is 25.9. The van der Waals surface area contributed by atoms with Crippen LogP contribution in [-0.2, 0) is 0 Å². The molecule has 0 saturated carbocycles. The fourth-order valence-corrected chi connectivity index (χ4v) is 6.52. The van der Waals surface area contributed by atoms with Crippen LogP contribution in [0.5, 0.6) is 0 Å². The second kappa shape index (κ2) is 17.1. The molecule has 0 radical (unpaired) electrons. The maximum Gasteiger partial charge on any atom is 0.0682 e. The molecule has 6 rings (SSSR count). The van der Waals surface area contributed by atoms with Gasteiger partial charge in [0.15, 0.2) is 0 Å². The van der Waals surface area contributed by atoms with Gasteiger partial charge >= 0.3 is 0 Å². The summed E-state index contributed by atoms with van der Waals surface area (Å²) in [5.41, 5.74) is 7.57. The Balaban J connectivity index is 1.13. The third-order valence-electron chi connectivity index (χ3n) is 8.98. The van der Waals surface area contributed by atoms with Gasteiger partial charge in [0, 0.05) is 49.7 Å². The van der Waals surface area contributed by atoms with E-state index in [-0.39, 0.29) is 0 Å². The van der Waals surface area contributed by atoms with Crippen LogP contribution in [0.15, 0.2) is 83.1 Å². The van der Waals surface area contributed by atoms with E-state index in [2.05, 4.69) is 82.9 Å². The standard InChI is InChI=1S/C38H52N4/c1-2-6-10-18-28-40-36-26-32-42(38-24-16-14-22-34(36)38)30-20-12-8-4-3-7-11-19-29-41-31-25-35(39-27-17-9-5-1)33-21-13-15-23-37(33)41/h13-16,21-26,31-32H,1-12,17-20,27-30H2. The molecule has 224 valence electrons. The lowest BCUT2D eigenvalue weighted by atomic mass is 10.0. The SMILES string of the molecule is C1=CN2CCCCCCCCCCN3C=CC(=NCCCCCCCCCCN=C1c1ccccc12)c1ccccc13. The molecule has 4 heterocycles. The van der Waals surface area contributed by atoms with Crippen molar-refractivity contribution in [2.45, 2.75) is 103 Å². The molecule has 0 atom stereocenters. The molecule has 0 aromatic heterocycles. The van der Waals surface area contributed by atoms with Gasteiger partial charge in [-0.3, -0.25) is 9.98 Å². The molecule has 0 unspecified atom stereocenters. The number of aliphatic imine (C=N–C) groups is 2. The zero-order chi connectivity index (χ0) is 28.7. The number of nitrogens with zero attached hydrogens (tertiary/aromatic N) is 4. The number of rotatable bonds is 0. The monoisotopic (exact) mass is 564 g/mol. The molecule has 0 aliphatic carbocycles.